The number of aromatic nitrogens is 1. The molecule has 0 N–H and O–H groups in total. The predicted molar refractivity (Wildman–Crippen MR) is 90.4 cm³/mol. The Labute approximate surface area is 142 Å². The molecule has 0 radical (unpaired) electrons. The van der Waals surface area contributed by atoms with E-state index in [0.29, 0.717) is 48.8 Å². The SMILES string of the molecule is N#Cc1c(OCc2ccccc2)ccnc1CCC(=O)CC1CC1. The van der Waals surface area contributed by atoms with Crippen molar-refractivity contribution in [2.45, 2.75) is 38.7 Å². The van der Waals surface area contributed by atoms with Crippen LogP contribution in [0.2, 0.25) is 0 Å². The minimum Gasteiger partial charge on any atom is -0.487 e. The highest BCUT2D eigenvalue weighted by Gasteiger charge is 2.24. The Hall–Kier alpha value is -2.67. The molecule has 1 heterocycles. The Balaban J connectivity index is 1.64. The number of ether oxygens (including phenoxy) is 1. The monoisotopic (exact) mass is 320 g/mol. The topological polar surface area (TPSA) is 63.0 Å². The second kappa shape index (κ2) is 7.74. The molecule has 0 spiro atoms. The number of carbonyl (C=O) groups is 1. The molecule has 3 rings (SSSR count). The van der Waals surface area contributed by atoms with E-state index < -0.39 is 0 Å². The molecule has 0 unspecified atom stereocenters. The molecule has 4 heteroatoms. The molecule has 1 aliphatic carbocycles. The zero-order valence-electron chi connectivity index (χ0n) is 13.6. The van der Waals surface area contributed by atoms with Crippen LogP contribution in [0.3, 0.4) is 0 Å². The first kappa shape index (κ1) is 16.2. The van der Waals surface area contributed by atoms with E-state index in [1.54, 1.807) is 12.3 Å². The van der Waals surface area contributed by atoms with Gasteiger partial charge < -0.3 is 4.74 Å². The van der Waals surface area contributed by atoms with Crippen LogP contribution in [0.4, 0.5) is 0 Å². The van der Waals surface area contributed by atoms with Gasteiger partial charge in [-0.15, -0.1) is 0 Å². The molecule has 1 aliphatic rings. The van der Waals surface area contributed by atoms with Gasteiger partial charge >= 0.3 is 0 Å². The maximum absolute atomic E-state index is 11.9. The number of hydrogen-bond donors (Lipinski definition) is 0. The molecular weight excluding hydrogens is 300 g/mol. The van der Waals surface area contributed by atoms with Gasteiger partial charge in [0.05, 0.1) is 5.69 Å². The van der Waals surface area contributed by atoms with E-state index in [9.17, 15) is 10.1 Å². The Morgan fingerprint density at radius 2 is 2.04 bits per heavy atom. The molecule has 1 saturated carbocycles. The summed E-state index contributed by atoms with van der Waals surface area (Å²) in [5.74, 6) is 1.39. The molecule has 1 aromatic carbocycles. The van der Waals surface area contributed by atoms with E-state index in [2.05, 4.69) is 11.1 Å². The lowest BCUT2D eigenvalue weighted by atomic mass is 10.0. The fraction of sp³-hybridized carbons (Fsp3) is 0.350. The molecule has 1 fully saturated rings. The average molecular weight is 320 g/mol. The summed E-state index contributed by atoms with van der Waals surface area (Å²) < 4.78 is 5.79. The third-order valence-corrected chi connectivity index (χ3v) is 4.19. The number of Topliss-reactive ketones (excluding diaryl/α,β-unsaturated/α-hetero) is 1. The number of nitriles is 1. The highest BCUT2D eigenvalue weighted by Crippen LogP contribution is 2.33. The fourth-order valence-electron chi connectivity index (χ4n) is 2.65. The average Bonchev–Trinajstić information content (AvgIpc) is 3.43. The van der Waals surface area contributed by atoms with Crippen LogP contribution in [0.5, 0.6) is 5.75 Å². The number of carbonyl (C=O) groups excluding carboxylic acids is 1. The number of aryl methyl sites for hydroxylation is 1. The third kappa shape index (κ3) is 4.42. The first-order valence-electron chi connectivity index (χ1n) is 8.32. The van der Waals surface area contributed by atoms with Crippen LogP contribution in [0.15, 0.2) is 42.6 Å². The minimum atomic E-state index is 0.263. The van der Waals surface area contributed by atoms with Gasteiger partial charge in [0, 0.05) is 19.0 Å². The van der Waals surface area contributed by atoms with E-state index in [1.165, 1.54) is 12.8 Å². The van der Waals surface area contributed by atoms with Gasteiger partial charge in [-0.05, 0) is 36.8 Å². The summed E-state index contributed by atoms with van der Waals surface area (Å²) >= 11 is 0. The molecular formula is C20H20N2O2. The van der Waals surface area contributed by atoms with Crippen LogP contribution in [0, 0.1) is 17.2 Å². The smallest absolute Gasteiger partial charge is 0.140 e. The summed E-state index contributed by atoms with van der Waals surface area (Å²) in [6.45, 7) is 0.402. The van der Waals surface area contributed by atoms with Crippen LogP contribution in [-0.2, 0) is 17.8 Å². The van der Waals surface area contributed by atoms with Crippen LogP contribution < -0.4 is 4.74 Å². The van der Waals surface area contributed by atoms with Gasteiger partial charge in [0.1, 0.15) is 29.8 Å². The number of rotatable bonds is 8. The second-order valence-electron chi connectivity index (χ2n) is 6.20. The van der Waals surface area contributed by atoms with Crippen LogP contribution >= 0.6 is 0 Å². The normalized spacial score (nSPS) is 13.3. The summed E-state index contributed by atoms with van der Waals surface area (Å²) in [4.78, 5) is 16.2. The Morgan fingerprint density at radius 3 is 2.75 bits per heavy atom. The minimum absolute atomic E-state index is 0.263. The molecule has 24 heavy (non-hydrogen) atoms. The molecule has 2 aromatic rings. The van der Waals surface area contributed by atoms with Gasteiger partial charge in [-0.3, -0.25) is 9.78 Å². The maximum Gasteiger partial charge on any atom is 0.140 e. The number of nitrogens with zero attached hydrogens (tertiary/aromatic N) is 2. The first-order chi connectivity index (χ1) is 11.8. The standard InChI is InChI=1S/C20H20N2O2/c21-13-18-19(9-8-17(23)12-15-6-7-15)22-11-10-20(18)24-14-16-4-2-1-3-5-16/h1-5,10-11,15H,6-9,12,14H2. The van der Waals surface area contributed by atoms with Gasteiger partial charge in [-0.25, -0.2) is 0 Å². The van der Waals surface area contributed by atoms with Crippen molar-refractivity contribution in [2.75, 3.05) is 0 Å². The molecule has 1 aromatic heterocycles. The highest BCUT2D eigenvalue weighted by atomic mass is 16.5. The molecule has 0 aliphatic heterocycles. The number of ketones is 1. The van der Waals surface area contributed by atoms with E-state index >= 15 is 0 Å². The molecule has 0 saturated heterocycles. The van der Waals surface area contributed by atoms with Crippen molar-refractivity contribution in [1.29, 1.82) is 5.26 Å². The van der Waals surface area contributed by atoms with Gasteiger partial charge in [-0.1, -0.05) is 30.3 Å². The summed E-state index contributed by atoms with van der Waals surface area (Å²) in [6, 6.07) is 13.7. The third-order valence-electron chi connectivity index (χ3n) is 4.19. The lowest BCUT2D eigenvalue weighted by molar-refractivity contribution is -0.119. The zero-order valence-corrected chi connectivity index (χ0v) is 13.6. The number of hydrogen-bond acceptors (Lipinski definition) is 4. The highest BCUT2D eigenvalue weighted by molar-refractivity contribution is 5.79. The van der Waals surface area contributed by atoms with E-state index in [1.807, 2.05) is 30.3 Å². The van der Waals surface area contributed by atoms with Gasteiger partial charge in [0.15, 0.2) is 0 Å². The van der Waals surface area contributed by atoms with E-state index in [4.69, 9.17) is 4.74 Å². The predicted octanol–water partition coefficient (Wildman–Crippen LogP) is 3.83. The summed E-state index contributed by atoms with van der Waals surface area (Å²) in [6.07, 6.45) is 5.61. The lowest BCUT2D eigenvalue weighted by Gasteiger charge is -2.10. The van der Waals surface area contributed by atoms with Gasteiger partial charge in [-0.2, -0.15) is 5.26 Å². The van der Waals surface area contributed by atoms with Crippen molar-refractivity contribution in [2.24, 2.45) is 5.92 Å². The number of benzene rings is 1. The molecule has 0 atom stereocenters. The molecule has 122 valence electrons. The van der Waals surface area contributed by atoms with Gasteiger partial charge in [0.25, 0.3) is 0 Å². The van der Waals surface area contributed by atoms with E-state index in [0.717, 1.165) is 5.56 Å². The van der Waals surface area contributed by atoms with Crippen molar-refractivity contribution in [3.05, 3.63) is 59.4 Å². The Kier molecular flexibility index (Phi) is 5.22. The Bertz CT molecular complexity index is 746. The summed E-state index contributed by atoms with van der Waals surface area (Å²) in [5, 5.41) is 9.46. The fourth-order valence-corrected chi connectivity index (χ4v) is 2.65. The van der Waals surface area contributed by atoms with Crippen LogP contribution in [0.25, 0.3) is 0 Å². The quantitative estimate of drug-likeness (QED) is 0.741. The van der Waals surface area contributed by atoms with Crippen molar-refractivity contribution >= 4 is 5.78 Å². The largest absolute Gasteiger partial charge is 0.487 e. The summed E-state index contributed by atoms with van der Waals surface area (Å²) in [7, 11) is 0. The van der Waals surface area contributed by atoms with Crippen molar-refractivity contribution < 1.29 is 9.53 Å². The summed E-state index contributed by atoms with van der Waals surface area (Å²) in [5.41, 5.74) is 2.12. The molecule has 0 bridgehead atoms. The maximum atomic E-state index is 11.9. The van der Waals surface area contributed by atoms with Crippen molar-refractivity contribution in [3.63, 3.8) is 0 Å². The van der Waals surface area contributed by atoms with Crippen LogP contribution in [-0.4, -0.2) is 10.8 Å². The van der Waals surface area contributed by atoms with Gasteiger partial charge in [0.2, 0.25) is 0 Å². The lowest BCUT2D eigenvalue weighted by Crippen LogP contribution is -2.05. The molecule has 4 nitrogen and oxygen atoms in total. The molecule has 0 amide bonds. The van der Waals surface area contributed by atoms with Crippen molar-refractivity contribution in [1.82, 2.24) is 4.98 Å². The van der Waals surface area contributed by atoms with Crippen LogP contribution in [0.1, 0.15) is 42.5 Å². The zero-order chi connectivity index (χ0) is 16.8. The Morgan fingerprint density at radius 1 is 1.25 bits per heavy atom. The number of pyridine rings is 1. The van der Waals surface area contributed by atoms with Crippen molar-refractivity contribution in [3.8, 4) is 11.8 Å². The first-order valence-corrected chi connectivity index (χ1v) is 8.32. The second-order valence-corrected chi connectivity index (χ2v) is 6.20. The van der Waals surface area contributed by atoms with E-state index in [-0.39, 0.29) is 5.78 Å².